The number of hydrogen-bond acceptors (Lipinski definition) is 4. The van der Waals surface area contributed by atoms with Crippen LogP contribution in [-0.4, -0.2) is 23.3 Å². The first-order valence-electron chi connectivity index (χ1n) is 9.39. The first-order chi connectivity index (χ1) is 14.5. The summed E-state index contributed by atoms with van der Waals surface area (Å²) in [5.74, 6) is -3.10. The number of nitrogens with zero attached hydrogens (tertiary/aromatic N) is 1. The standard InChI is InChI=1S/C25H17NO4/c1-16-10-8-9-15-19(16)26-21(23(28)18-13-6-3-7-14-18)20(24(29)25(26)30)22(27)17-11-4-2-5-12-17/h2-15H,1H3. The number of anilines is 1. The number of benzene rings is 3. The zero-order valence-corrected chi connectivity index (χ0v) is 16.2. The second kappa shape index (κ2) is 7.72. The smallest absolute Gasteiger partial charge is 0.288 e. The van der Waals surface area contributed by atoms with Crippen LogP contribution in [0.25, 0.3) is 0 Å². The molecule has 0 radical (unpaired) electrons. The first-order valence-corrected chi connectivity index (χ1v) is 9.39. The normalized spacial score (nSPS) is 13.7. The Morgan fingerprint density at radius 3 is 1.73 bits per heavy atom. The van der Waals surface area contributed by atoms with Crippen molar-refractivity contribution in [2.45, 2.75) is 6.92 Å². The summed E-state index contributed by atoms with van der Waals surface area (Å²) in [6.07, 6.45) is 0. The van der Waals surface area contributed by atoms with Crippen LogP contribution in [0.4, 0.5) is 5.69 Å². The van der Waals surface area contributed by atoms with Crippen LogP contribution in [0, 0.1) is 6.92 Å². The largest absolute Gasteiger partial charge is 0.304 e. The third kappa shape index (κ3) is 3.16. The number of amides is 1. The van der Waals surface area contributed by atoms with Crippen molar-refractivity contribution in [3.63, 3.8) is 0 Å². The highest BCUT2D eigenvalue weighted by Crippen LogP contribution is 2.34. The van der Waals surface area contributed by atoms with Crippen molar-refractivity contribution < 1.29 is 19.2 Å². The van der Waals surface area contributed by atoms with Gasteiger partial charge in [0.1, 0.15) is 11.3 Å². The minimum Gasteiger partial charge on any atom is -0.288 e. The lowest BCUT2D eigenvalue weighted by Gasteiger charge is -2.21. The third-order valence-electron chi connectivity index (χ3n) is 4.96. The van der Waals surface area contributed by atoms with E-state index in [0.29, 0.717) is 11.3 Å². The van der Waals surface area contributed by atoms with Gasteiger partial charge in [0.15, 0.2) is 5.78 Å². The molecule has 1 aliphatic heterocycles. The van der Waals surface area contributed by atoms with E-state index in [-0.39, 0.29) is 16.8 Å². The van der Waals surface area contributed by atoms with Crippen molar-refractivity contribution >= 4 is 28.9 Å². The average Bonchev–Trinajstić information content (AvgIpc) is 3.05. The molecule has 5 nitrogen and oxygen atoms in total. The summed E-state index contributed by atoms with van der Waals surface area (Å²) in [4.78, 5) is 53.6. The first kappa shape index (κ1) is 19.2. The maximum absolute atomic E-state index is 13.4. The summed E-state index contributed by atoms with van der Waals surface area (Å²) in [6, 6.07) is 23.4. The quantitative estimate of drug-likeness (QED) is 0.373. The van der Waals surface area contributed by atoms with E-state index in [1.807, 2.05) is 0 Å². The molecule has 146 valence electrons. The fourth-order valence-electron chi connectivity index (χ4n) is 3.46. The maximum Gasteiger partial charge on any atom is 0.304 e. The Bertz CT molecular complexity index is 1210. The molecule has 0 spiro atoms. The van der Waals surface area contributed by atoms with Gasteiger partial charge in [-0.2, -0.15) is 0 Å². The molecule has 0 atom stereocenters. The van der Waals surface area contributed by atoms with Gasteiger partial charge in [0, 0.05) is 11.1 Å². The molecule has 4 rings (SSSR count). The van der Waals surface area contributed by atoms with Crippen LogP contribution in [0.1, 0.15) is 26.3 Å². The Balaban J connectivity index is 1.97. The molecule has 0 N–H and O–H groups in total. The van der Waals surface area contributed by atoms with Gasteiger partial charge in [-0.25, -0.2) is 0 Å². The van der Waals surface area contributed by atoms with Gasteiger partial charge >= 0.3 is 5.91 Å². The molecule has 0 saturated heterocycles. The fourth-order valence-corrected chi connectivity index (χ4v) is 3.46. The van der Waals surface area contributed by atoms with Crippen LogP contribution in [0.15, 0.2) is 96.2 Å². The highest BCUT2D eigenvalue weighted by Gasteiger charge is 2.46. The molecule has 1 amide bonds. The lowest BCUT2D eigenvalue weighted by molar-refractivity contribution is -0.132. The predicted octanol–water partition coefficient (Wildman–Crippen LogP) is 3.93. The Labute approximate surface area is 173 Å². The van der Waals surface area contributed by atoms with Gasteiger partial charge in [-0.05, 0) is 18.6 Å². The second-order valence-electron chi connectivity index (χ2n) is 6.87. The monoisotopic (exact) mass is 395 g/mol. The van der Waals surface area contributed by atoms with E-state index in [4.69, 9.17) is 0 Å². The predicted molar refractivity (Wildman–Crippen MR) is 112 cm³/mol. The van der Waals surface area contributed by atoms with E-state index >= 15 is 0 Å². The Morgan fingerprint density at radius 1 is 0.667 bits per heavy atom. The molecule has 1 heterocycles. The van der Waals surface area contributed by atoms with Crippen LogP contribution in [0.3, 0.4) is 0 Å². The maximum atomic E-state index is 13.4. The van der Waals surface area contributed by atoms with E-state index in [9.17, 15) is 19.2 Å². The highest BCUT2D eigenvalue weighted by molar-refractivity contribution is 6.59. The molecule has 0 aliphatic carbocycles. The molecule has 30 heavy (non-hydrogen) atoms. The van der Waals surface area contributed by atoms with Crippen LogP contribution in [-0.2, 0) is 9.59 Å². The molecule has 0 unspecified atom stereocenters. The summed E-state index contributed by atoms with van der Waals surface area (Å²) in [5.41, 5.74) is 1.00. The lowest BCUT2D eigenvalue weighted by atomic mass is 9.97. The highest BCUT2D eigenvalue weighted by atomic mass is 16.2. The molecule has 5 heteroatoms. The second-order valence-corrected chi connectivity index (χ2v) is 6.87. The SMILES string of the molecule is Cc1ccccc1N1C(=O)C(=O)C(C(=O)c2ccccc2)=C1C(=O)c1ccccc1. The number of Topliss-reactive ketones (excluding diaryl/α,β-unsaturated/α-hetero) is 3. The number of para-hydroxylation sites is 1. The van der Waals surface area contributed by atoms with E-state index < -0.39 is 28.8 Å². The number of rotatable bonds is 5. The van der Waals surface area contributed by atoms with Crippen molar-refractivity contribution in [2.24, 2.45) is 0 Å². The topological polar surface area (TPSA) is 71.5 Å². The summed E-state index contributed by atoms with van der Waals surface area (Å²) in [5, 5.41) is 0. The minimum atomic E-state index is -0.980. The lowest BCUT2D eigenvalue weighted by Crippen LogP contribution is -2.32. The summed E-state index contributed by atoms with van der Waals surface area (Å²) in [6.45, 7) is 1.77. The van der Waals surface area contributed by atoms with Crippen molar-refractivity contribution in [1.82, 2.24) is 0 Å². The van der Waals surface area contributed by atoms with Crippen molar-refractivity contribution in [2.75, 3.05) is 4.90 Å². The Hall–Kier alpha value is -4.12. The summed E-state index contributed by atoms with van der Waals surface area (Å²) in [7, 11) is 0. The van der Waals surface area contributed by atoms with Gasteiger partial charge in [-0.1, -0.05) is 78.9 Å². The van der Waals surface area contributed by atoms with Crippen LogP contribution < -0.4 is 4.90 Å². The molecular weight excluding hydrogens is 378 g/mol. The average molecular weight is 395 g/mol. The van der Waals surface area contributed by atoms with Crippen molar-refractivity contribution in [1.29, 1.82) is 0 Å². The van der Waals surface area contributed by atoms with Crippen LogP contribution in [0.2, 0.25) is 0 Å². The number of ketones is 3. The molecule has 0 saturated carbocycles. The number of hydrogen-bond donors (Lipinski definition) is 0. The van der Waals surface area contributed by atoms with Gasteiger partial charge in [-0.15, -0.1) is 0 Å². The van der Waals surface area contributed by atoms with Gasteiger partial charge in [-0.3, -0.25) is 24.1 Å². The number of carbonyl (C=O) groups excluding carboxylic acids is 4. The fraction of sp³-hybridized carbons (Fsp3) is 0.0400. The number of carbonyl (C=O) groups is 4. The number of allylic oxidation sites excluding steroid dienone is 1. The molecule has 0 aromatic heterocycles. The van der Waals surface area contributed by atoms with Gasteiger partial charge in [0.2, 0.25) is 5.78 Å². The van der Waals surface area contributed by atoms with E-state index in [2.05, 4.69) is 0 Å². The third-order valence-corrected chi connectivity index (χ3v) is 4.96. The van der Waals surface area contributed by atoms with Gasteiger partial charge in [0.25, 0.3) is 5.78 Å². The van der Waals surface area contributed by atoms with E-state index in [1.54, 1.807) is 91.9 Å². The summed E-state index contributed by atoms with van der Waals surface area (Å²) >= 11 is 0. The minimum absolute atomic E-state index is 0.209. The van der Waals surface area contributed by atoms with E-state index in [0.717, 1.165) is 4.90 Å². The Morgan fingerprint density at radius 2 is 1.17 bits per heavy atom. The molecular formula is C25H17NO4. The van der Waals surface area contributed by atoms with Gasteiger partial charge < -0.3 is 0 Å². The zero-order valence-electron chi connectivity index (χ0n) is 16.2. The molecule has 0 fully saturated rings. The molecule has 1 aliphatic rings. The molecule has 3 aromatic rings. The van der Waals surface area contributed by atoms with Crippen LogP contribution >= 0.6 is 0 Å². The van der Waals surface area contributed by atoms with Crippen molar-refractivity contribution in [3.8, 4) is 0 Å². The van der Waals surface area contributed by atoms with Crippen molar-refractivity contribution in [3.05, 3.63) is 113 Å². The molecule has 0 bridgehead atoms. The number of aryl methyl sites for hydroxylation is 1. The van der Waals surface area contributed by atoms with E-state index in [1.165, 1.54) is 0 Å². The van der Waals surface area contributed by atoms with Crippen LogP contribution in [0.5, 0.6) is 0 Å². The summed E-state index contributed by atoms with van der Waals surface area (Å²) < 4.78 is 0. The van der Waals surface area contributed by atoms with Gasteiger partial charge in [0.05, 0.1) is 5.69 Å². The zero-order chi connectivity index (χ0) is 21.3. The molecule has 3 aromatic carbocycles. The Kier molecular flexibility index (Phi) is 4.94.